The van der Waals surface area contributed by atoms with Crippen molar-refractivity contribution in [3.63, 3.8) is 0 Å². The third-order valence-electron chi connectivity index (χ3n) is 3.53. The Bertz CT molecular complexity index is 220. The zero-order chi connectivity index (χ0) is 12.0. The van der Waals surface area contributed by atoms with Crippen LogP contribution >= 0.6 is 11.6 Å². The zero-order valence-corrected chi connectivity index (χ0v) is 11.3. The SMILES string of the molecule is CCCCC(CC)CN1CC(CCl)CC1=O. The lowest BCUT2D eigenvalue weighted by Gasteiger charge is -2.23. The Kier molecular flexibility index (Phi) is 6.18. The number of rotatable bonds is 7. The first kappa shape index (κ1) is 13.8. The molecular weight excluding hydrogens is 222 g/mol. The number of amides is 1. The van der Waals surface area contributed by atoms with E-state index in [0.717, 1.165) is 13.1 Å². The summed E-state index contributed by atoms with van der Waals surface area (Å²) in [5, 5.41) is 0. The molecule has 0 aromatic rings. The van der Waals surface area contributed by atoms with Crippen LogP contribution in [0.15, 0.2) is 0 Å². The lowest BCUT2D eigenvalue weighted by atomic mass is 9.99. The van der Waals surface area contributed by atoms with Crippen molar-refractivity contribution in [1.29, 1.82) is 0 Å². The van der Waals surface area contributed by atoms with E-state index in [9.17, 15) is 4.79 Å². The van der Waals surface area contributed by atoms with Crippen LogP contribution in [0.3, 0.4) is 0 Å². The average molecular weight is 246 g/mol. The van der Waals surface area contributed by atoms with Crippen LogP contribution < -0.4 is 0 Å². The third kappa shape index (κ3) is 3.97. The number of likely N-dealkylation sites (tertiary alicyclic amines) is 1. The smallest absolute Gasteiger partial charge is 0.222 e. The molecule has 0 aromatic carbocycles. The fourth-order valence-electron chi connectivity index (χ4n) is 2.36. The normalized spacial score (nSPS) is 22.8. The summed E-state index contributed by atoms with van der Waals surface area (Å²) in [7, 11) is 0. The summed E-state index contributed by atoms with van der Waals surface area (Å²) < 4.78 is 0. The van der Waals surface area contributed by atoms with Gasteiger partial charge in [0.15, 0.2) is 0 Å². The monoisotopic (exact) mass is 245 g/mol. The van der Waals surface area contributed by atoms with Gasteiger partial charge in [0.1, 0.15) is 0 Å². The van der Waals surface area contributed by atoms with Gasteiger partial charge in [0, 0.05) is 25.4 Å². The summed E-state index contributed by atoms with van der Waals surface area (Å²) in [6, 6.07) is 0. The Morgan fingerprint density at radius 3 is 2.75 bits per heavy atom. The molecule has 1 heterocycles. The minimum atomic E-state index is 0.306. The van der Waals surface area contributed by atoms with Crippen molar-refractivity contribution >= 4 is 17.5 Å². The van der Waals surface area contributed by atoms with Crippen molar-refractivity contribution in [2.45, 2.75) is 46.0 Å². The summed E-state index contributed by atoms with van der Waals surface area (Å²) in [6.45, 7) is 6.27. The summed E-state index contributed by atoms with van der Waals surface area (Å²) in [5.74, 6) is 1.99. The molecule has 3 heteroatoms. The molecule has 16 heavy (non-hydrogen) atoms. The van der Waals surface area contributed by atoms with Crippen molar-refractivity contribution in [2.24, 2.45) is 11.8 Å². The van der Waals surface area contributed by atoms with Crippen molar-refractivity contribution in [3.8, 4) is 0 Å². The summed E-state index contributed by atoms with van der Waals surface area (Å²) in [5.41, 5.74) is 0. The maximum atomic E-state index is 11.7. The molecule has 1 aliphatic rings. The van der Waals surface area contributed by atoms with E-state index in [1.807, 2.05) is 4.90 Å². The zero-order valence-electron chi connectivity index (χ0n) is 10.5. The van der Waals surface area contributed by atoms with Gasteiger partial charge in [-0.05, 0) is 18.3 Å². The van der Waals surface area contributed by atoms with Gasteiger partial charge in [-0.25, -0.2) is 0 Å². The molecule has 0 aromatic heterocycles. The molecule has 0 saturated carbocycles. The van der Waals surface area contributed by atoms with Crippen molar-refractivity contribution in [1.82, 2.24) is 4.90 Å². The molecule has 2 atom stereocenters. The van der Waals surface area contributed by atoms with Crippen LogP contribution in [0.25, 0.3) is 0 Å². The van der Waals surface area contributed by atoms with E-state index >= 15 is 0 Å². The fraction of sp³-hybridized carbons (Fsp3) is 0.923. The number of hydrogen-bond donors (Lipinski definition) is 0. The average Bonchev–Trinajstić information content (AvgIpc) is 2.65. The molecule has 94 valence electrons. The Labute approximate surface area is 104 Å². The molecule has 1 fully saturated rings. The molecule has 1 aliphatic heterocycles. The molecule has 1 rings (SSSR count). The number of alkyl halides is 1. The number of carbonyl (C=O) groups excluding carboxylic acids is 1. The molecule has 2 unspecified atom stereocenters. The molecule has 2 nitrogen and oxygen atoms in total. The Balaban J connectivity index is 2.36. The van der Waals surface area contributed by atoms with E-state index in [4.69, 9.17) is 11.6 Å². The van der Waals surface area contributed by atoms with Crippen molar-refractivity contribution in [3.05, 3.63) is 0 Å². The van der Waals surface area contributed by atoms with Crippen molar-refractivity contribution < 1.29 is 4.79 Å². The van der Waals surface area contributed by atoms with E-state index < -0.39 is 0 Å². The van der Waals surface area contributed by atoms with E-state index in [0.29, 0.717) is 30.0 Å². The van der Waals surface area contributed by atoms with Crippen molar-refractivity contribution in [2.75, 3.05) is 19.0 Å². The molecule has 0 N–H and O–H groups in total. The van der Waals surface area contributed by atoms with Gasteiger partial charge in [-0.2, -0.15) is 0 Å². The maximum Gasteiger partial charge on any atom is 0.222 e. The summed E-state index contributed by atoms with van der Waals surface area (Å²) in [6.07, 6.45) is 5.61. The second kappa shape index (κ2) is 7.16. The quantitative estimate of drug-likeness (QED) is 0.631. The van der Waals surface area contributed by atoms with Crippen LogP contribution in [0, 0.1) is 11.8 Å². The van der Waals surface area contributed by atoms with Gasteiger partial charge >= 0.3 is 0 Å². The van der Waals surface area contributed by atoms with E-state index in [1.54, 1.807) is 0 Å². The second-order valence-electron chi connectivity index (χ2n) is 4.94. The van der Waals surface area contributed by atoms with E-state index in [1.165, 1.54) is 25.7 Å². The first-order valence-corrected chi connectivity index (χ1v) is 7.08. The topological polar surface area (TPSA) is 20.3 Å². The Morgan fingerprint density at radius 1 is 1.50 bits per heavy atom. The van der Waals surface area contributed by atoms with Crippen LogP contribution in [-0.2, 0) is 4.79 Å². The van der Waals surface area contributed by atoms with Gasteiger partial charge in [0.25, 0.3) is 0 Å². The molecule has 0 spiro atoms. The van der Waals surface area contributed by atoms with Gasteiger partial charge in [-0.3, -0.25) is 4.79 Å². The van der Waals surface area contributed by atoms with Crippen LogP contribution in [0.1, 0.15) is 46.0 Å². The third-order valence-corrected chi connectivity index (χ3v) is 3.97. The van der Waals surface area contributed by atoms with Crippen LogP contribution in [0.2, 0.25) is 0 Å². The minimum Gasteiger partial charge on any atom is -0.342 e. The highest BCUT2D eigenvalue weighted by Crippen LogP contribution is 2.22. The molecule has 0 aliphatic carbocycles. The molecule has 0 radical (unpaired) electrons. The number of unbranched alkanes of at least 4 members (excludes halogenated alkanes) is 1. The molecular formula is C13H24ClNO. The number of carbonyl (C=O) groups is 1. The van der Waals surface area contributed by atoms with Crippen LogP contribution in [-0.4, -0.2) is 29.8 Å². The van der Waals surface area contributed by atoms with Gasteiger partial charge in [-0.15, -0.1) is 11.6 Å². The highest BCUT2D eigenvalue weighted by Gasteiger charge is 2.29. The van der Waals surface area contributed by atoms with Gasteiger partial charge < -0.3 is 4.90 Å². The number of hydrogen-bond acceptors (Lipinski definition) is 1. The van der Waals surface area contributed by atoms with E-state index in [-0.39, 0.29) is 0 Å². The van der Waals surface area contributed by atoms with Gasteiger partial charge in [0.2, 0.25) is 5.91 Å². The number of nitrogens with zero attached hydrogens (tertiary/aromatic N) is 1. The fourth-order valence-corrected chi connectivity index (χ4v) is 2.57. The van der Waals surface area contributed by atoms with E-state index in [2.05, 4.69) is 13.8 Å². The first-order valence-electron chi connectivity index (χ1n) is 6.54. The lowest BCUT2D eigenvalue weighted by Crippen LogP contribution is -2.31. The minimum absolute atomic E-state index is 0.306. The predicted molar refractivity (Wildman–Crippen MR) is 68.7 cm³/mol. The highest BCUT2D eigenvalue weighted by atomic mass is 35.5. The lowest BCUT2D eigenvalue weighted by molar-refractivity contribution is -0.128. The highest BCUT2D eigenvalue weighted by molar-refractivity contribution is 6.18. The second-order valence-corrected chi connectivity index (χ2v) is 5.25. The van der Waals surface area contributed by atoms with Gasteiger partial charge in [-0.1, -0.05) is 33.1 Å². The number of halogens is 1. The predicted octanol–water partition coefficient (Wildman–Crippen LogP) is 3.29. The Morgan fingerprint density at radius 2 is 2.25 bits per heavy atom. The first-order chi connectivity index (χ1) is 7.71. The van der Waals surface area contributed by atoms with Gasteiger partial charge in [0.05, 0.1) is 0 Å². The standard InChI is InChI=1S/C13H24ClNO/c1-3-5-6-11(4-2)9-15-10-12(8-14)7-13(15)16/h11-12H,3-10H2,1-2H3. The maximum absolute atomic E-state index is 11.7. The van der Waals surface area contributed by atoms with Crippen LogP contribution in [0.4, 0.5) is 0 Å². The summed E-state index contributed by atoms with van der Waals surface area (Å²) >= 11 is 5.81. The van der Waals surface area contributed by atoms with Crippen LogP contribution in [0.5, 0.6) is 0 Å². The summed E-state index contributed by atoms with van der Waals surface area (Å²) in [4.78, 5) is 13.8. The molecule has 0 bridgehead atoms. The molecule has 1 amide bonds. The Hall–Kier alpha value is -0.240. The largest absolute Gasteiger partial charge is 0.342 e. The molecule has 1 saturated heterocycles.